The number of halogens is 1. The first kappa shape index (κ1) is 13.6. The van der Waals surface area contributed by atoms with E-state index in [1.807, 2.05) is 20.0 Å². The standard InChI is InChI=1S/C15H19FN2O/c1-11-13(6-8-19-11)10-18(2)15-4-3-14(16)9-12(15)5-7-17/h3-4,6,8-9H,5,7,10,17H2,1-2H3. The van der Waals surface area contributed by atoms with E-state index in [-0.39, 0.29) is 5.82 Å². The van der Waals surface area contributed by atoms with E-state index in [4.69, 9.17) is 10.2 Å². The molecule has 2 N–H and O–H groups in total. The van der Waals surface area contributed by atoms with Crippen molar-refractivity contribution in [3.8, 4) is 0 Å². The van der Waals surface area contributed by atoms with Crippen LogP contribution in [0, 0.1) is 12.7 Å². The van der Waals surface area contributed by atoms with Crippen molar-refractivity contribution in [1.29, 1.82) is 0 Å². The van der Waals surface area contributed by atoms with Crippen LogP contribution in [0.2, 0.25) is 0 Å². The predicted molar refractivity (Wildman–Crippen MR) is 74.7 cm³/mol. The molecule has 2 aromatic rings. The molecule has 4 heteroatoms. The number of benzene rings is 1. The maximum absolute atomic E-state index is 13.3. The third-order valence-electron chi connectivity index (χ3n) is 3.24. The topological polar surface area (TPSA) is 42.4 Å². The van der Waals surface area contributed by atoms with Crippen molar-refractivity contribution in [3.63, 3.8) is 0 Å². The molecule has 0 bridgehead atoms. The highest BCUT2D eigenvalue weighted by molar-refractivity contribution is 5.54. The van der Waals surface area contributed by atoms with Gasteiger partial charge in [-0.3, -0.25) is 0 Å². The fourth-order valence-corrected chi connectivity index (χ4v) is 2.20. The van der Waals surface area contributed by atoms with Crippen molar-refractivity contribution in [2.45, 2.75) is 19.9 Å². The van der Waals surface area contributed by atoms with Crippen LogP contribution in [-0.4, -0.2) is 13.6 Å². The molecule has 0 spiro atoms. The lowest BCUT2D eigenvalue weighted by molar-refractivity contribution is 0.529. The molecular formula is C15H19FN2O. The van der Waals surface area contributed by atoms with E-state index in [1.165, 1.54) is 6.07 Å². The van der Waals surface area contributed by atoms with E-state index >= 15 is 0 Å². The van der Waals surface area contributed by atoms with Gasteiger partial charge in [0.15, 0.2) is 0 Å². The van der Waals surface area contributed by atoms with E-state index in [0.717, 1.165) is 29.1 Å². The summed E-state index contributed by atoms with van der Waals surface area (Å²) in [6.07, 6.45) is 2.35. The Kier molecular flexibility index (Phi) is 4.22. The summed E-state index contributed by atoms with van der Waals surface area (Å²) in [5.74, 6) is 0.689. The van der Waals surface area contributed by atoms with Crippen molar-refractivity contribution in [2.75, 3.05) is 18.5 Å². The number of nitrogens with two attached hydrogens (primary N) is 1. The summed E-state index contributed by atoms with van der Waals surface area (Å²) in [6, 6.07) is 6.79. The quantitative estimate of drug-likeness (QED) is 0.901. The second kappa shape index (κ2) is 5.89. The Morgan fingerprint density at radius 2 is 2.05 bits per heavy atom. The van der Waals surface area contributed by atoms with E-state index in [2.05, 4.69) is 4.90 Å². The predicted octanol–water partition coefficient (Wildman–Crippen LogP) is 2.86. The number of rotatable bonds is 5. The van der Waals surface area contributed by atoms with Gasteiger partial charge in [-0.1, -0.05) is 0 Å². The molecule has 2 rings (SSSR count). The van der Waals surface area contributed by atoms with Gasteiger partial charge in [0.1, 0.15) is 11.6 Å². The third kappa shape index (κ3) is 3.15. The fraction of sp³-hybridized carbons (Fsp3) is 0.333. The number of anilines is 1. The van der Waals surface area contributed by atoms with Gasteiger partial charge in [0.25, 0.3) is 0 Å². The van der Waals surface area contributed by atoms with Crippen LogP contribution in [-0.2, 0) is 13.0 Å². The van der Waals surface area contributed by atoms with Crippen molar-refractivity contribution < 1.29 is 8.81 Å². The summed E-state index contributed by atoms with van der Waals surface area (Å²) in [4.78, 5) is 2.09. The highest BCUT2D eigenvalue weighted by Gasteiger charge is 2.11. The normalized spacial score (nSPS) is 10.7. The zero-order valence-corrected chi connectivity index (χ0v) is 11.3. The summed E-state index contributed by atoms with van der Waals surface area (Å²) >= 11 is 0. The lowest BCUT2D eigenvalue weighted by atomic mass is 10.1. The van der Waals surface area contributed by atoms with Crippen LogP contribution in [0.4, 0.5) is 10.1 Å². The number of aryl methyl sites for hydroxylation is 1. The first-order valence-corrected chi connectivity index (χ1v) is 6.34. The first-order chi connectivity index (χ1) is 9.11. The average molecular weight is 262 g/mol. The molecule has 0 aliphatic carbocycles. The van der Waals surface area contributed by atoms with Gasteiger partial charge < -0.3 is 15.1 Å². The molecule has 1 aromatic carbocycles. The number of hydrogen-bond acceptors (Lipinski definition) is 3. The molecule has 0 amide bonds. The van der Waals surface area contributed by atoms with Crippen LogP contribution in [0.15, 0.2) is 34.9 Å². The molecule has 0 radical (unpaired) electrons. The van der Waals surface area contributed by atoms with Gasteiger partial charge in [-0.25, -0.2) is 4.39 Å². The van der Waals surface area contributed by atoms with Gasteiger partial charge in [-0.15, -0.1) is 0 Å². The van der Waals surface area contributed by atoms with Gasteiger partial charge in [0.2, 0.25) is 0 Å². The Labute approximate surface area is 112 Å². The molecule has 0 saturated carbocycles. The molecule has 1 aromatic heterocycles. The van der Waals surface area contributed by atoms with Gasteiger partial charge in [0, 0.05) is 24.8 Å². The van der Waals surface area contributed by atoms with Crippen LogP contribution >= 0.6 is 0 Å². The minimum absolute atomic E-state index is 0.222. The second-order valence-corrected chi connectivity index (χ2v) is 4.67. The average Bonchev–Trinajstić information content (AvgIpc) is 2.75. The molecule has 19 heavy (non-hydrogen) atoms. The molecule has 0 aliphatic heterocycles. The minimum Gasteiger partial charge on any atom is -0.469 e. The van der Waals surface area contributed by atoms with Crippen molar-refractivity contribution >= 4 is 5.69 Å². The van der Waals surface area contributed by atoms with Crippen molar-refractivity contribution in [1.82, 2.24) is 0 Å². The monoisotopic (exact) mass is 262 g/mol. The summed E-state index contributed by atoms with van der Waals surface area (Å²) < 4.78 is 18.6. The molecule has 0 fully saturated rings. The lowest BCUT2D eigenvalue weighted by Crippen LogP contribution is -2.19. The minimum atomic E-state index is -0.222. The molecule has 0 saturated heterocycles. The van der Waals surface area contributed by atoms with Gasteiger partial charge in [-0.05, 0) is 49.7 Å². The zero-order valence-electron chi connectivity index (χ0n) is 11.3. The number of nitrogens with zero attached hydrogens (tertiary/aromatic N) is 1. The first-order valence-electron chi connectivity index (χ1n) is 6.34. The SMILES string of the molecule is Cc1occc1CN(C)c1ccc(F)cc1CCN. The van der Waals surface area contributed by atoms with Crippen LogP contribution in [0.3, 0.4) is 0 Å². The van der Waals surface area contributed by atoms with Crippen LogP contribution < -0.4 is 10.6 Å². The molecule has 0 aliphatic rings. The Bertz CT molecular complexity index is 551. The number of hydrogen-bond donors (Lipinski definition) is 1. The lowest BCUT2D eigenvalue weighted by Gasteiger charge is -2.22. The molecular weight excluding hydrogens is 243 g/mol. The molecule has 3 nitrogen and oxygen atoms in total. The van der Waals surface area contributed by atoms with E-state index < -0.39 is 0 Å². The number of furan rings is 1. The highest BCUT2D eigenvalue weighted by Crippen LogP contribution is 2.23. The summed E-state index contributed by atoms with van der Waals surface area (Å²) in [6.45, 7) is 3.18. The molecule has 102 valence electrons. The van der Waals surface area contributed by atoms with Gasteiger partial charge in [-0.2, -0.15) is 0 Å². The van der Waals surface area contributed by atoms with E-state index in [0.29, 0.717) is 13.0 Å². The zero-order chi connectivity index (χ0) is 13.8. The molecule has 0 unspecified atom stereocenters. The van der Waals surface area contributed by atoms with E-state index in [1.54, 1.807) is 18.4 Å². The van der Waals surface area contributed by atoms with Crippen molar-refractivity contribution in [3.05, 3.63) is 53.2 Å². The van der Waals surface area contributed by atoms with Crippen molar-refractivity contribution in [2.24, 2.45) is 5.73 Å². The summed E-state index contributed by atoms with van der Waals surface area (Å²) in [5.41, 5.74) is 8.66. The largest absolute Gasteiger partial charge is 0.469 e. The second-order valence-electron chi connectivity index (χ2n) is 4.67. The Morgan fingerprint density at radius 1 is 1.26 bits per heavy atom. The Morgan fingerprint density at radius 3 is 2.68 bits per heavy atom. The third-order valence-corrected chi connectivity index (χ3v) is 3.24. The Hall–Kier alpha value is -1.81. The van der Waals surface area contributed by atoms with Crippen LogP contribution in [0.1, 0.15) is 16.9 Å². The summed E-state index contributed by atoms with van der Waals surface area (Å²) in [5, 5.41) is 0. The summed E-state index contributed by atoms with van der Waals surface area (Å²) in [7, 11) is 1.99. The van der Waals surface area contributed by atoms with E-state index in [9.17, 15) is 4.39 Å². The maximum Gasteiger partial charge on any atom is 0.123 e. The molecule has 0 atom stereocenters. The highest BCUT2D eigenvalue weighted by atomic mass is 19.1. The van der Waals surface area contributed by atoms with Gasteiger partial charge >= 0.3 is 0 Å². The fourth-order valence-electron chi connectivity index (χ4n) is 2.20. The van der Waals surface area contributed by atoms with Gasteiger partial charge in [0.05, 0.1) is 6.26 Å². The van der Waals surface area contributed by atoms with Crippen LogP contribution in [0.5, 0.6) is 0 Å². The smallest absolute Gasteiger partial charge is 0.123 e. The Balaban J connectivity index is 2.23. The molecule has 1 heterocycles. The van der Waals surface area contributed by atoms with Crippen LogP contribution in [0.25, 0.3) is 0 Å². The maximum atomic E-state index is 13.3.